The van der Waals surface area contributed by atoms with Crippen LogP contribution in [0.2, 0.25) is 0 Å². The molecule has 0 aliphatic rings. The topological polar surface area (TPSA) is 27.8 Å². The van der Waals surface area contributed by atoms with Crippen LogP contribution in [0.15, 0.2) is 54.7 Å². The summed E-state index contributed by atoms with van der Waals surface area (Å²) in [5.41, 5.74) is 3.40. The molecule has 2 nitrogen and oxygen atoms in total. The maximum atomic E-state index is 13.6. The number of aromatic amines is 1. The van der Waals surface area contributed by atoms with Crippen LogP contribution in [0.4, 0.5) is 4.39 Å². The molecule has 1 atom stereocenters. The van der Waals surface area contributed by atoms with Crippen LogP contribution in [0.5, 0.6) is 0 Å². The van der Waals surface area contributed by atoms with E-state index < -0.39 is 0 Å². The first-order valence-electron chi connectivity index (χ1n) is 7.25. The SMILES string of the molecule is CNCCC(c1ccccc1)c1c[nH]c2ccc(F)cc12. The summed E-state index contributed by atoms with van der Waals surface area (Å²) in [5, 5.41) is 4.18. The van der Waals surface area contributed by atoms with E-state index in [4.69, 9.17) is 0 Å². The van der Waals surface area contributed by atoms with Gasteiger partial charge in [-0.25, -0.2) is 4.39 Å². The predicted octanol–water partition coefficient (Wildman–Crippen LogP) is 4.05. The van der Waals surface area contributed by atoms with Crippen molar-refractivity contribution in [2.45, 2.75) is 12.3 Å². The van der Waals surface area contributed by atoms with Gasteiger partial charge in [0.25, 0.3) is 0 Å². The average Bonchev–Trinajstić information content (AvgIpc) is 2.92. The highest BCUT2D eigenvalue weighted by molar-refractivity contribution is 5.84. The van der Waals surface area contributed by atoms with Crippen molar-refractivity contribution in [3.63, 3.8) is 0 Å². The van der Waals surface area contributed by atoms with E-state index in [2.05, 4.69) is 34.6 Å². The number of rotatable bonds is 5. The van der Waals surface area contributed by atoms with Crippen LogP contribution < -0.4 is 5.32 Å². The van der Waals surface area contributed by atoms with Gasteiger partial charge in [0, 0.05) is 23.0 Å². The Bertz CT molecular complexity index is 718. The zero-order valence-electron chi connectivity index (χ0n) is 12.1. The highest BCUT2D eigenvalue weighted by atomic mass is 19.1. The Morgan fingerprint density at radius 3 is 2.71 bits per heavy atom. The second kappa shape index (κ2) is 6.10. The number of halogens is 1. The normalized spacial score (nSPS) is 12.7. The Kier molecular flexibility index (Phi) is 4.02. The van der Waals surface area contributed by atoms with Gasteiger partial charge >= 0.3 is 0 Å². The second-order valence-corrected chi connectivity index (χ2v) is 5.29. The Balaban J connectivity index is 2.07. The highest BCUT2D eigenvalue weighted by Gasteiger charge is 2.17. The van der Waals surface area contributed by atoms with Crippen LogP contribution in [0.1, 0.15) is 23.5 Å². The van der Waals surface area contributed by atoms with Gasteiger partial charge in [-0.3, -0.25) is 0 Å². The monoisotopic (exact) mass is 282 g/mol. The summed E-state index contributed by atoms with van der Waals surface area (Å²) in [6, 6.07) is 15.3. The molecule has 1 aromatic heterocycles. The number of hydrogen-bond acceptors (Lipinski definition) is 1. The summed E-state index contributed by atoms with van der Waals surface area (Å²) in [4.78, 5) is 3.25. The molecule has 2 aromatic carbocycles. The van der Waals surface area contributed by atoms with Gasteiger partial charge in [-0.05, 0) is 49.3 Å². The summed E-state index contributed by atoms with van der Waals surface area (Å²) < 4.78 is 13.6. The first kappa shape index (κ1) is 13.8. The number of hydrogen-bond donors (Lipinski definition) is 2. The van der Waals surface area contributed by atoms with Crippen molar-refractivity contribution >= 4 is 10.9 Å². The van der Waals surface area contributed by atoms with Crippen molar-refractivity contribution < 1.29 is 4.39 Å². The molecule has 3 aromatic rings. The molecule has 0 amide bonds. The minimum absolute atomic E-state index is 0.191. The van der Waals surface area contributed by atoms with Crippen molar-refractivity contribution in [3.8, 4) is 0 Å². The first-order valence-corrected chi connectivity index (χ1v) is 7.25. The summed E-state index contributed by atoms with van der Waals surface area (Å²) in [6.07, 6.45) is 2.99. The summed E-state index contributed by atoms with van der Waals surface area (Å²) in [5.74, 6) is 0.0676. The summed E-state index contributed by atoms with van der Waals surface area (Å²) in [6.45, 7) is 0.918. The van der Waals surface area contributed by atoms with Gasteiger partial charge < -0.3 is 10.3 Å². The number of fused-ring (bicyclic) bond motifs is 1. The smallest absolute Gasteiger partial charge is 0.123 e. The average molecular weight is 282 g/mol. The zero-order valence-corrected chi connectivity index (χ0v) is 12.1. The van der Waals surface area contributed by atoms with Crippen LogP contribution in [-0.4, -0.2) is 18.6 Å². The largest absolute Gasteiger partial charge is 0.361 e. The van der Waals surface area contributed by atoms with Crippen LogP contribution >= 0.6 is 0 Å². The highest BCUT2D eigenvalue weighted by Crippen LogP contribution is 2.33. The molecular formula is C18H19FN2. The lowest BCUT2D eigenvalue weighted by molar-refractivity contribution is 0.629. The molecule has 1 heterocycles. The first-order chi connectivity index (χ1) is 10.3. The van der Waals surface area contributed by atoms with E-state index in [9.17, 15) is 4.39 Å². The molecule has 0 radical (unpaired) electrons. The molecule has 0 saturated carbocycles. The Hall–Kier alpha value is -2.13. The quantitative estimate of drug-likeness (QED) is 0.726. The lowest BCUT2D eigenvalue weighted by Crippen LogP contribution is -2.13. The van der Waals surface area contributed by atoms with Crippen molar-refractivity contribution in [1.82, 2.24) is 10.3 Å². The zero-order chi connectivity index (χ0) is 14.7. The molecule has 0 aliphatic carbocycles. The number of aromatic nitrogens is 1. The maximum Gasteiger partial charge on any atom is 0.123 e. The summed E-state index contributed by atoms with van der Waals surface area (Å²) >= 11 is 0. The number of H-pyrrole nitrogens is 1. The fraction of sp³-hybridized carbons (Fsp3) is 0.222. The van der Waals surface area contributed by atoms with Crippen LogP contribution in [-0.2, 0) is 0 Å². The van der Waals surface area contributed by atoms with Gasteiger partial charge in [0.05, 0.1) is 0 Å². The molecule has 0 spiro atoms. The van der Waals surface area contributed by atoms with E-state index in [1.807, 2.05) is 19.3 Å². The molecule has 3 rings (SSSR count). The predicted molar refractivity (Wildman–Crippen MR) is 85.1 cm³/mol. The fourth-order valence-corrected chi connectivity index (χ4v) is 2.88. The molecule has 108 valence electrons. The van der Waals surface area contributed by atoms with Crippen molar-refractivity contribution in [2.75, 3.05) is 13.6 Å². The van der Waals surface area contributed by atoms with E-state index >= 15 is 0 Å². The molecule has 1 unspecified atom stereocenters. The van der Waals surface area contributed by atoms with Gasteiger partial charge in [-0.2, -0.15) is 0 Å². The molecule has 0 aliphatic heterocycles. The second-order valence-electron chi connectivity index (χ2n) is 5.29. The Labute approximate surface area is 124 Å². The third kappa shape index (κ3) is 2.83. The molecule has 3 heteroatoms. The van der Waals surface area contributed by atoms with Gasteiger partial charge in [-0.15, -0.1) is 0 Å². The summed E-state index contributed by atoms with van der Waals surface area (Å²) in [7, 11) is 1.96. The van der Waals surface area contributed by atoms with E-state index in [0.717, 1.165) is 29.4 Å². The lowest BCUT2D eigenvalue weighted by Gasteiger charge is -2.17. The minimum Gasteiger partial charge on any atom is -0.361 e. The van der Waals surface area contributed by atoms with Gasteiger partial charge in [0.1, 0.15) is 5.82 Å². The van der Waals surface area contributed by atoms with Crippen molar-refractivity contribution in [3.05, 3.63) is 71.7 Å². The standard InChI is InChI=1S/C18H19FN2/c1-20-10-9-15(13-5-3-2-4-6-13)17-12-21-18-8-7-14(19)11-16(17)18/h2-8,11-12,15,20-21H,9-10H2,1H3. The van der Waals surface area contributed by atoms with E-state index in [-0.39, 0.29) is 11.7 Å². The van der Waals surface area contributed by atoms with E-state index in [0.29, 0.717) is 0 Å². The Morgan fingerprint density at radius 2 is 1.95 bits per heavy atom. The third-order valence-electron chi connectivity index (χ3n) is 3.94. The van der Waals surface area contributed by atoms with E-state index in [1.54, 1.807) is 12.1 Å². The Morgan fingerprint density at radius 1 is 1.14 bits per heavy atom. The van der Waals surface area contributed by atoms with Gasteiger partial charge in [0.15, 0.2) is 0 Å². The number of benzene rings is 2. The fourth-order valence-electron chi connectivity index (χ4n) is 2.88. The molecule has 2 N–H and O–H groups in total. The molecule has 0 fully saturated rings. The lowest BCUT2D eigenvalue weighted by atomic mass is 9.88. The van der Waals surface area contributed by atoms with E-state index in [1.165, 1.54) is 11.6 Å². The van der Waals surface area contributed by atoms with Gasteiger partial charge in [0.2, 0.25) is 0 Å². The van der Waals surface area contributed by atoms with Crippen LogP contribution in [0.25, 0.3) is 10.9 Å². The van der Waals surface area contributed by atoms with Crippen LogP contribution in [0.3, 0.4) is 0 Å². The molecule has 21 heavy (non-hydrogen) atoms. The minimum atomic E-state index is -0.191. The third-order valence-corrected chi connectivity index (χ3v) is 3.94. The van der Waals surface area contributed by atoms with Crippen LogP contribution in [0, 0.1) is 5.82 Å². The van der Waals surface area contributed by atoms with Gasteiger partial charge in [-0.1, -0.05) is 30.3 Å². The van der Waals surface area contributed by atoms with Crippen molar-refractivity contribution in [2.24, 2.45) is 0 Å². The molecular weight excluding hydrogens is 263 g/mol. The number of nitrogens with one attached hydrogen (secondary N) is 2. The molecule has 0 bridgehead atoms. The van der Waals surface area contributed by atoms with Crippen molar-refractivity contribution in [1.29, 1.82) is 0 Å². The molecule has 0 saturated heterocycles. The maximum absolute atomic E-state index is 13.6.